The number of rotatable bonds is 5. The summed E-state index contributed by atoms with van der Waals surface area (Å²) in [6.45, 7) is 4.68. The Morgan fingerprint density at radius 3 is 2.68 bits per heavy atom. The maximum atomic E-state index is 6.26. The minimum Gasteiger partial charge on any atom is -0.369 e. The van der Waals surface area contributed by atoms with Gasteiger partial charge in [0.2, 0.25) is 0 Å². The molecule has 2 rings (SSSR count). The van der Waals surface area contributed by atoms with E-state index in [1.165, 1.54) is 0 Å². The second-order valence-corrected chi connectivity index (χ2v) is 5.44. The zero-order valence-corrected chi connectivity index (χ0v) is 12.4. The van der Waals surface area contributed by atoms with E-state index in [0.29, 0.717) is 16.6 Å². The van der Waals surface area contributed by atoms with Gasteiger partial charge in [-0.25, -0.2) is 4.98 Å². The van der Waals surface area contributed by atoms with Gasteiger partial charge >= 0.3 is 0 Å². The summed E-state index contributed by atoms with van der Waals surface area (Å²) in [5.74, 6) is 0. The maximum Gasteiger partial charge on any atom is 0.102 e. The molecule has 0 fully saturated rings. The van der Waals surface area contributed by atoms with Gasteiger partial charge in [0.15, 0.2) is 0 Å². The summed E-state index contributed by atoms with van der Waals surface area (Å²) in [4.78, 5) is 4.04. The fraction of sp³-hybridized carbons (Fsp3) is 0.357. The Bertz CT molecular complexity index is 526. The summed E-state index contributed by atoms with van der Waals surface area (Å²) in [6, 6.07) is 5.48. The van der Waals surface area contributed by atoms with Crippen LogP contribution in [0.5, 0.6) is 0 Å². The number of aromatic nitrogens is 2. The number of ether oxygens (including phenoxy) is 1. The molecule has 1 atom stereocenters. The minimum absolute atomic E-state index is 0.111. The first-order valence-electron chi connectivity index (χ1n) is 6.12. The molecule has 0 saturated heterocycles. The van der Waals surface area contributed by atoms with Crippen LogP contribution >= 0.6 is 23.2 Å². The van der Waals surface area contributed by atoms with Crippen LogP contribution in [0.3, 0.4) is 0 Å². The van der Waals surface area contributed by atoms with Crippen molar-refractivity contribution in [3.63, 3.8) is 0 Å². The molecular formula is C14H16Cl2N2O. The lowest BCUT2D eigenvalue weighted by molar-refractivity contribution is -0.00319. The maximum absolute atomic E-state index is 6.26. The predicted octanol–water partition coefficient (Wildman–Crippen LogP) is 4.36. The van der Waals surface area contributed by atoms with Gasteiger partial charge in [-0.2, -0.15) is 0 Å². The van der Waals surface area contributed by atoms with E-state index in [1.807, 2.05) is 36.7 Å². The highest BCUT2D eigenvalue weighted by molar-refractivity contribution is 6.35. The molecule has 19 heavy (non-hydrogen) atoms. The third-order valence-electron chi connectivity index (χ3n) is 2.68. The molecular weight excluding hydrogens is 283 g/mol. The highest BCUT2D eigenvalue weighted by Crippen LogP contribution is 2.30. The molecule has 1 aromatic carbocycles. The van der Waals surface area contributed by atoms with Gasteiger partial charge in [-0.15, -0.1) is 0 Å². The average molecular weight is 299 g/mol. The van der Waals surface area contributed by atoms with Crippen molar-refractivity contribution < 1.29 is 4.74 Å². The van der Waals surface area contributed by atoms with Gasteiger partial charge in [0, 0.05) is 28.0 Å². The Morgan fingerprint density at radius 1 is 1.32 bits per heavy atom. The van der Waals surface area contributed by atoms with E-state index in [0.717, 1.165) is 5.56 Å². The first kappa shape index (κ1) is 14.4. The first-order valence-corrected chi connectivity index (χ1v) is 6.88. The van der Waals surface area contributed by atoms with Crippen LogP contribution < -0.4 is 0 Å². The Balaban J connectivity index is 2.25. The van der Waals surface area contributed by atoms with E-state index in [9.17, 15) is 0 Å². The van der Waals surface area contributed by atoms with E-state index in [-0.39, 0.29) is 12.2 Å². The third-order valence-corrected chi connectivity index (χ3v) is 3.24. The van der Waals surface area contributed by atoms with Gasteiger partial charge in [-0.1, -0.05) is 29.3 Å². The number of benzene rings is 1. The molecule has 3 nitrogen and oxygen atoms in total. The van der Waals surface area contributed by atoms with Crippen LogP contribution in [0.2, 0.25) is 10.0 Å². The van der Waals surface area contributed by atoms with Gasteiger partial charge < -0.3 is 9.30 Å². The van der Waals surface area contributed by atoms with Crippen molar-refractivity contribution in [1.82, 2.24) is 9.55 Å². The van der Waals surface area contributed by atoms with Crippen molar-refractivity contribution in [2.75, 3.05) is 0 Å². The number of hydrogen-bond donors (Lipinski definition) is 0. The molecule has 0 spiro atoms. The van der Waals surface area contributed by atoms with Gasteiger partial charge in [-0.05, 0) is 26.0 Å². The first-order chi connectivity index (χ1) is 9.06. The molecule has 0 bridgehead atoms. The van der Waals surface area contributed by atoms with Crippen molar-refractivity contribution in [2.24, 2.45) is 0 Å². The second-order valence-electron chi connectivity index (χ2n) is 4.60. The molecule has 0 aliphatic rings. The number of hydrogen-bond acceptors (Lipinski definition) is 2. The molecule has 1 aromatic heterocycles. The quantitative estimate of drug-likeness (QED) is 0.820. The Morgan fingerprint density at radius 2 is 2.11 bits per heavy atom. The molecule has 102 valence electrons. The SMILES string of the molecule is CC(C)OC(Cn1ccnc1)c1ccc(Cl)cc1Cl. The molecule has 5 heteroatoms. The van der Waals surface area contributed by atoms with Crippen LogP contribution in [0.1, 0.15) is 25.5 Å². The predicted molar refractivity (Wildman–Crippen MR) is 77.7 cm³/mol. The molecule has 1 unspecified atom stereocenters. The summed E-state index contributed by atoms with van der Waals surface area (Å²) in [6.07, 6.45) is 5.40. The summed E-state index contributed by atoms with van der Waals surface area (Å²) in [7, 11) is 0. The van der Waals surface area contributed by atoms with E-state index in [4.69, 9.17) is 27.9 Å². The summed E-state index contributed by atoms with van der Waals surface area (Å²) in [5.41, 5.74) is 0.938. The molecule has 0 N–H and O–H groups in total. The highest BCUT2D eigenvalue weighted by Gasteiger charge is 2.17. The van der Waals surface area contributed by atoms with Crippen molar-refractivity contribution in [3.8, 4) is 0 Å². The largest absolute Gasteiger partial charge is 0.369 e. The fourth-order valence-electron chi connectivity index (χ4n) is 1.89. The lowest BCUT2D eigenvalue weighted by Crippen LogP contribution is -2.16. The average Bonchev–Trinajstić information content (AvgIpc) is 2.80. The Hall–Kier alpha value is -1.03. The van der Waals surface area contributed by atoms with Crippen LogP contribution in [0, 0.1) is 0 Å². The smallest absolute Gasteiger partial charge is 0.102 e. The lowest BCUT2D eigenvalue weighted by atomic mass is 10.1. The van der Waals surface area contributed by atoms with E-state index in [2.05, 4.69) is 4.98 Å². The van der Waals surface area contributed by atoms with E-state index < -0.39 is 0 Å². The van der Waals surface area contributed by atoms with E-state index in [1.54, 1.807) is 18.6 Å². The highest BCUT2D eigenvalue weighted by atomic mass is 35.5. The van der Waals surface area contributed by atoms with Gasteiger partial charge in [0.1, 0.15) is 6.10 Å². The number of nitrogens with zero attached hydrogens (tertiary/aromatic N) is 2. The van der Waals surface area contributed by atoms with Gasteiger partial charge in [0.25, 0.3) is 0 Å². The van der Waals surface area contributed by atoms with Crippen LogP contribution in [0.25, 0.3) is 0 Å². The minimum atomic E-state index is -0.126. The van der Waals surface area contributed by atoms with E-state index >= 15 is 0 Å². The third kappa shape index (κ3) is 3.96. The lowest BCUT2D eigenvalue weighted by Gasteiger charge is -2.22. The topological polar surface area (TPSA) is 27.1 Å². The monoisotopic (exact) mass is 298 g/mol. The number of imidazole rings is 1. The van der Waals surface area contributed by atoms with Gasteiger partial charge in [-0.3, -0.25) is 0 Å². The van der Waals surface area contributed by atoms with Crippen molar-refractivity contribution in [1.29, 1.82) is 0 Å². The van der Waals surface area contributed by atoms with Crippen LogP contribution in [-0.4, -0.2) is 15.7 Å². The fourth-order valence-corrected chi connectivity index (χ4v) is 2.42. The van der Waals surface area contributed by atoms with Crippen LogP contribution in [0.15, 0.2) is 36.9 Å². The van der Waals surface area contributed by atoms with Crippen LogP contribution in [0.4, 0.5) is 0 Å². The standard InChI is InChI=1S/C14H16Cl2N2O/c1-10(2)19-14(8-18-6-5-17-9-18)12-4-3-11(15)7-13(12)16/h3-7,9-10,14H,8H2,1-2H3. The van der Waals surface area contributed by atoms with Crippen LogP contribution in [-0.2, 0) is 11.3 Å². The van der Waals surface area contributed by atoms with Crippen molar-refractivity contribution in [3.05, 3.63) is 52.5 Å². The summed E-state index contributed by atoms with van der Waals surface area (Å²) < 4.78 is 7.92. The summed E-state index contributed by atoms with van der Waals surface area (Å²) in [5, 5.41) is 1.25. The summed E-state index contributed by atoms with van der Waals surface area (Å²) >= 11 is 12.2. The van der Waals surface area contributed by atoms with Crippen molar-refractivity contribution in [2.45, 2.75) is 32.6 Å². The molecule has 0 radical (unpaired) electrons. The Kier molecular flexibility index (Phi) is 4.86. The molecule has 0 amide bonds. The zero-order valence-electron chi connectivity index (χ0n) is 10.9. The molecule has 1 heterocycles. The molecule has 0 aliphatic heterocycles. The zero-order chi connectivity index (χ0) is 13.8. The normalized spacial score (nSPS) is 12.9. The molecule has 0 saturated carbocycles. The second kappa shape index (κ2) is 6.42. The Labute approximate surface area is 123 Å². The molecule has 2 aromatic rings. The molecule has 0 aliphatic carbocycles. The van der Waals surface area contributed by atoms with Crippen molar-refractivity contribution >= 4 is 23.2 Å². The number of halogens is 2. The van der Waals surface area contributed by atoms with Gasteiger partial charge in [0.05, 0.1) is 19.0 Å².